The molecule has 164 valence electrons. The van der Waals surface area contributed by atoms with E-state index in [9.17, 15) is 4.79 Å². The summed E-state index contributed by atoms with van der Waals surface area (Å²) in [6.45, 7) is 0.601. The molecule has 4 rings (SSSR count). The summed E-state index contributed by atoms with van der Waals surface area (Å²) < 4.78 is 5.23. The highest BCUT2D eigenvalue weighted by Gasteiger charge is 2.27. The van der Waals surface area contributed by atoms with Gasteiger partial charge in [0.25, 0.3) is 0 Å². The summed E-state index contributed by atoms with van der Waals surface area (Å²) in [5.41, 5.74) is 2.42. The zero-order valence-electron chi connectivity index (χ0n) is 17.5. The molecule has 0 saturated carbocycles. The Morgan fingerprint density at radius 2 is 2.23 bits per heavy atom. The maximum Gasteiger partial charge on any atom is 0.303 e. The van der Waals surface area contributed by atoms with E-state index in [0.29, 0.717) is 23.2 Å². The molecule has 0 fully saturated rings. The van der Waals surface area contributed by atoms with E-state index < -0.39 is 5.97 Å². The summed E-state index contributed by atoms with van der Waals surface area (Å²) in [5, 5.41) is 14.1. The Morgan fingerprint density at radius 1 is 1.35 bits per heavy atom. The number of anilines is 1. The molecule has 0 amide bonds. The number of nitrogens with one attached hydrogen (secondary N) is 1. The van der Waals surface area contributed by atoms with E-state index in [-0.39, 0.29) is 6.42 Å². The maximum absolute atomic E-state index is 10.8. The summed E-state index contributed by atoms with van der Waals surface area (Å²) in [6, 6.07) is 5.76. The lowest BCUT2D eigenvalue weighted by Gasteiger charge is -2.23. The van der Waals surface area contributed by atoms with Gasteiger partial charge in [0, 0.05) is 17.8 Å². The average molecular weight is 460 g/mol. The summed E-state index contributed by atoms with van der Waals surface area (Å²) in [5.74, 6) is 1.23. The highest BCUT2D eigenvalue weighted by Crippen LogP contribution is 2.45. The molecule has 1 aromatic carbocycles. The standard InChI is InChI=1S/C23H26ClN3O3S/c1-30-17-10-9-14(11-16(17)24)12-25-22-21-20-15(5-2-3-8-19(28)29)6-4-7-18(20)31-23(21)27-13-26-22/h9-11,13,15H,2-8,12H2,1H3,(H,28,29)(H,25,26,27). The number of unbranched alkanes of at least 4 members (excludes halogenated alkanes) is 1. The van der Waals surface area contributed by atoms with Crippen LogP contribution in [0.3, 0.4) is 0 Å². The molecule has 0 saturated heterocycles. The van der Waals surface area contributed by atoms with E-state index in [2.05, 4.69) is 15.3 Å². The van der Waals surface area contributed by atoms with Crippen LogP contribution in [0, 0.1) is 0 Å². The Kier molecular flexibility index (Phi) is 6.92. The largest absolute Gasteiger partial charge is 0.495 e. The molecule has 0 radical (unpaired) electrons. The summed E-state index contributed by atoms with van der Waals surface area (Å²) in [7, 11) is 1.61. The number of aliphatic carboxylic acids is 1. The molecule has 1 aliphatic carbocycles. The van der Waals surface area contributed by atoms with E-state index in [4.69, 9.17) is 21.4 Å². The van der Waals surface area contributed by atoms with Gasteiger partial charge >= 0.3 is 5.97 Å². The highest BCUT2D eigenvalue weighted by molar-refractivity contribution is 7.19. The number of carboxylic acid groups (broad SMARTS) is 1. The number of fused-ring (bicyclic) bond motifs is 3. The first-order valence-electron chi connectivity index (χ1n) is 10.6. The van der Waals surface area contributed by atoms with Gasteiger partial charge in [-0.1, -0.05) is 24.1 Å². The van der Waals surface area contributed by atoms with Crippen LogP contribution in [0.25, 0.3) is 10.2 Å². The minimum atomic E-state index is -0.719. The van der Waals surface area contributed by atoms with Crippen molar-refractivity contribution in [2.75, 3.05) is 12.4 Å². The zero-order valence-corrected chi connectivity index (χ0v) is 19.1. The van der Waals surface area contributed by atoms with Crippen molar-refractivity contribution in [2.24, 2.45) is 0 Å². The number of methoxy groups -OCH3 is 1. The number of aryl methyl sites for hydroxylation is 1. The van der Waals surface area contributed by atoms with Gasteiger partial charge in [-0.25, -0.2) is 9.97 Å². The number of rotatable bonds is 9. The molecule has 31 heavy (non-hydrogen) atoms. The second kappa shape index (κ2) is 9.83. The lowest BCUT2D eigenvalue weighted by molar-refractivity contribution is -0.137. The van der Waals surface area contributed by atoms with Crippen LogP contribution in [0.2, 0.25) is 5.02 Å². The number of thiophene rings is 1. The molecule has 0 spiro atoms. The Bertz CT molecular complexity index is 1090. The van der Waals surface area contributed by atoms with Gasteiger partial charge in [-0.05, 0) is 61.3 Å². The molecule has 6 nitrogen and oxygen atoms in total. The van der Waals surface area contributed by atoms with Gasteiger partial charge in [-0.2, -0.15) is 0 Å². The number of benzene rings is 1. The molecule has 2 heterocycles. The molecule has 0 aliphatic heterocycles. The SMILES string of the molecule is COc1ccc(CNc2ncnc3sc4c(c23)C(CCCCC(=O)O)CCC4)cc1Cl. The molecule has 1 aliphatic rings. The fraction of sp³-hybridized carbons (Fsp3) is 0.435. The molecule has 2 aromatic heterocycles. The number of halogens is 1. The molecular weight excluding hydrogens is 434 g/mol. The van der Waals surface area contributed by atoms with Gasteiger partial charge in [-0.15, -0.1) is 11.3 Å². The van der Waals surface area contributed by atoms with Crippen LogP contribution in [0.1, 0.15) is 60.4 Å². The van der Waals surface area contributed by atoms with E-state index >= 15 is 0 Å². The van der Waals surface area contributed by atoms with Gasteiger partial charge in [0.15, 0.2) is 0 Å². The van der Waals surface area contributed by atoms with Crippen LogP contribution >= 0.6 is 22.9 Å². The Hall–Kier alpha value is -2.38. The number of nitrogens with zero attached hydrogens (tertiary/aromatic N) is 2. The van der Waals surface area contributed by atoms with Crippen LogP contribution < -0.4 is 10.1 Å². The zero-order chi connectivity index (χ0) is 21.8. The summed E-state index contributed by atoms with van der Waals surface area (Å²) in [4.78, 5) is 22.4. The van der Waals surface area contributed by atoms with Crippen LogP contribution in [-0.2, 0) is 17.8 Å². The fourth-order valence-electron chi connectivity index (χ4n) is 4.37. The van der Waals surface area contributed by atoms with Crippen molar-refractivity contribution in [1.82, 2.24) is 9.97 Å². The van der Waals surface area contributed by atoms with E-state index in [1.165, 1.54) is 16.9 Å². The van der Waals surface area contributed by atoms with Crippen molar-refractivity contribution in [3.8, 4) is 5.75 Å². The van der Waals surface area contributed by atoms with Crippen LogP contribution in [0.5, 0.6) is 5.75 Å². The van der Waals surface area contributed by atoms with E-state index in [1.54, 1.807) is 24.8 Å². The average Bonchev–Trinajstić information content (AvgIpc) is 3.15. The van der Waals surface area contributed by atoms with Crippen molar-refractivity contribution in [1.29, 1.82) is 0 Å². The number of hydrogen-bond acceptors (Lipinski definition) is 6. The first-order chi connectivity index (χ1) is 15.1. The third-order valence-corrected chi connectivity index (χ3v) is 7.30. The molecule has 2 N–H and O–H groups in total. The molecular formula is C23H26ClN3O3S. The summed E-state index contributed by atoms with van der Waals surface area (Å²) in [6.07, 6.45) is 7.90. The summed E-state index contributed by atoms with van der Waals surface area (Å²) >= 11 is 8.04. The predicted octanol–water partition coefficient (Wildman–Crippen LogP) is 6.03. The van der Waals surface area contributed by atoms with Gasteiger partial charge in [0.05, 0.1) is 17.5 Å². The van der Waals surface area contributed by atoms with Crippen molar-refractivity contribution in [2.45, 2.75) is 57.4 Å². The van der Waals surface area contributed by atoms with Crippen molar-refractivity contribution < 1.29 is 14.6 Å². The van der Waals surface area contributed by atoms with Crippen molar-refractivity contribution in [3.63, 3.8) is 0 Å². The number of carbonyl (C=O) groups is 1. The first-order valence-corrected chi connectivity index (χ1v) is 11.8. The van der Waals surface area contributed by atoms with Crippen LogP contribution in [0.4, 0.5) is 5.82 Å². The van der Waals surface area contributed by atoms with Crippen LogP contribution in [0.15, 0.2) is 24.5 Å². The topological polar surface area (TPSA) is 84.3 Å². The second-order valence-corrected chi connectivity index (χ2v) is 9.38. The van der Waals surface area contributed by atoms with Crippen molar-refractivity contribution in [3.05, 3.63) is 45.6 Å². The quantitative estimate of drug-likeness (QED) is 0.380. The minimum absolute atomic E-state index is 0.240. The molecule has 0 bridgehead atoms. The molecule has 3 aromatic rings. The minimum Gasteiger partial charge on any atom is -0.495 e. The van der Waals surface area contributed by atoms with Gasteiger partial charge < -0.3 is 15.2 Å². The molecule has 8 heteroatoms. The van der Waals surface area contributed by atoms with E-state index in [0.717, 1.165) is 53.7 Å². The van der Waals surface area contributed by atoms with E-state index in [1.807, 2.05) is 18.2 Å². The third kappa shape index (κ3) is 4.93. The molecule has 1 atom stereocenters. The number of ether oxygens (including phenoxy) is 1. The number of hydrogen-bond donors (Lipinski definition) is 2. The lowest BCUT2D eigenvalue weighted by Crippen LogP contribution is -2.09. The fourth-order valence-corrected chi connectivity index (χ4v) is 5.91. The predicted molar refractivity (Wildman–Crippen MR) is 125 cm³/mol. The molecule has 1 unspecified atom stereocenters. The van der Waals surface area contributed by atoms with Gasteiger partial charge in [0.2, 0.25) is 0 Å². The first kappa shape index (κ1) is 21.8. The maximum atomic E-state index is 10.8. The number of aromatic nitrogens is 2. The number of carboxylic acids is 1. The van der Waals surface area contributed by atoms with Crippen molar-refractivity contribution >= 4 is 44.9 Å². The lowest BCUT2D eigenvalue weighted by atomic mass is 9.82. The van der Waals surface area contributed by atoms with Gasteiger partial charge in [0.1, 0.15) is 22.7 Å². The normalized spacial score (nSPS) is 15.6. The monoisotopic (exact) mass is 459 g/mol. The Balaban J connectivity index is 1.56. The smallest absolute Gasteiger partial charge is 0.303 e. The van der Waals surface area contributed by atoms with Crippen LogP contribution in [-0.4, -0.2) is 28.2 Å². The third-order valence-electron chi connectivity index (χ3n) is 5.84. The Labute approximate surface area is 190 Å². The second-order valence-electron chi connectivity index (χ2n) is 7.89. The van der Waals surface area contributed by atoms with Gasteiger partial charge in [-0.3, -0.25) is 4.79 Å². The highest BCUT2D eigenvalue weighted by atomic mass is 35.5. The Morgan fingerprint density at radius 3 is 3.00 bits per heavy atom.